The third-order valence-electron chi connectivity index (χ3n) is 4.20. The molecule has 1 saturated carbocycles. The Balaban J connectivity index is 1.75. The summed E-state index contributed by atoms with van der Waals surface area (Å²) in [6.07, 6.45) is 5.47. The average Bonchev–Trinajstić information content (AvgIpc) is 2.30. The van der Waals surface area contributed by atoms with Crippen LogP contribution in [0.5, 0.6) is 0 Å². The summed E-state index contributed by atoms with van der Waals surface area (Å²) in [5.41, 5.74) is 5.73. The van der Waals surface area contributed by atoms with Gasteiger partial charge in [-0.3, -0.25) is 4.90 Å². The van der Waals surface area contributed by atoms with E-state index in [0.29, 0.717) is 0 Å². The molecule has 1 heterocycles. The predicted octanol–water partition coefficient (Wildman–Crippen LogP) is 0.751. The minimum atomic E-state index is 0.814. The van der Waals surface area contributed by atoms with Gasteiger partial charge in [0, 0.05) is 32.2 Å². The molecule has 1 aliphatic heterocycles. The molecule has 0 aromatic rings. The Labute approximate surface area is 93.6 Å². The molecule has 0 radical (unpaired) electrons. The highest BCUT2D eigenvalue weighted by Crippen LogP contribution is 2.27. The average molecular weight is 211 g/mol. The van der Waals surface area contributed by atoms with E-state index in [1.807, 2.05) is 0 Å². The lowest BCUT2D eigenvalue weighted by Crippen LogP contribution is -2.50. The fourth-order valence-corrected chi connectivity index (χ4v) is 2.93. The third kappa shape index (κ3) is 2.92. The Morgan fingerprint density at radius 3 is 2.13 bits per heavy atom. The summed E-state index contributed by atoms with van der Waals surface area (Å²) in [6, 6.07) is 0.862. The summed E-state index contributed by atoms with van der Waals surface area (Å²) >= 11 is 0. The van der Waals surface area contributed by atoms with Gasteiger partial charge in [-0.2, -0.15) is 0 Å². The van der Waals surface area contributed by atoms with Crippen molar-refractivity contribution in [2.24, 2.45) is 11.7 Å². The molecule has 0 aromatic heterocycles. The molecule has 0 bridgehead atoms. The highest BCUT2D eigenvalue weighted by molar-refractivity contribution is 4.82. The minimum absolute atomic E-state index is 0.814. The minimum Gasteiger partial charge on any atom is -0.330 e. The van der Waals surface area contributed by atoms with Gasteiger partial charge in [0.15, 0.2) is 0 Å². The zero-order valence-corrected chi connectivity index (χ0v) is 9.99. The highest BCUT2D eigenvalue weighted by atomic mass is 15.3. The first-order valence-corrected chi connectivity index (χ1v) is 6.42. The lowest BCUT2D eigenvalue weighted by atomic mass is 9.85. The predicted molar refractivity (Wildman–Crippen MR) is 63.9 cm³/mol. The summed E-state index contributed by atoms with van der Waals surface area (Å²) in [5.74, 6) is 0.814. The van der Waals surface area contributed by atoms with Crippen LogP contribution < -0.4 is 5.73 Å². The SMILES string of the molecule is CN1CCN(C2CCC(CN)CC2)CC1. The van der Waals surface area contributed by atoms with E-state index in [1.54, 1.807) is 0 Å². The zero-order valence-electron chi connectivity index (χ0n) is 9.99. The number of hydrogen-bond acceptors (Lipinski definition) is 3. The van der Waals surface area contributed by atoms with Crippen LogP contribution in [0.4, 0.5) is 0 Å². The smallest absolute Gasteiger partial charge is 0.0113 e. The maximum atomic E-state index is 5.73. The van der Waals surface area contributed by atoms with Crippen LogP contribution in [-0.4, -0.2) is 55.6 Å². The van der Waals surface area contributed by atoms with Gasteiger partial charge in [-0.05, 0) is 45.2 Å². The molecule has 0 spiro atoms. The Hall–Kier alpha value is -0.120. The first kappa shape index (κ1) is 11.4. The number of rotatable bonds is 2. The Bertz CT molecular complexity index is 179. The maximum Gasteiger partial charge on any atom is 0.0113 e. The monoisotopic (exact) mass is 211 g/mol. The Kier molecular flexibility index (Phi) is 4.00. The second kappa shape index (κ2) is 5.28. The van der Waals surface area contributed by atoms with Crippen molar-refractivity contribution in [2.75, 3.05) is 39.8 Å². The van der Waals surface area contributed by atoms with Gasteiger partial charge in [-0.15, -0.1) is 0 Å². The second-order valence-corrected chi connectivity index (χ2v) is 5.25. The molecule has 2 aliphatic rings. The van der Waals surface area contributed by atoms with Gasteiger partial charge in [0.2, 0.25) is 0 Å². The molecule has 2 rings (SSSR count). The van der Waals surface area contributed by atoms with Gasteiger partial charge >= 0.3 is 0 Å². The van der Waals surface area contributed by atoms with E-state index in [1.165, 1.54) is 51.9 Å². The van der Waals surface area contributed by atoms with Gasteiger partial charge in [0.25, 0.3) is 0 Å². The summed E-state index contributed by atoms with van der Waals surface area (Å²) in [6.45, 7) is 5.94. The molecular weight excluding hydrogens is 186 g/mol. The van der Waals surface area contributed by atoms with Crippen LogP contribution in [0.1, 0.15) is 25.7 Å². The summed E-state index contributed by atoms with van der Waals surface area (Å²) < 4.78 is 0. The first-order chi connectivity index (χ1) is 7.29. The van der Waals surface area contributed by atoms with Crippen molar-refractivity contribution in [3.63, 3.8) is 0 Å². The Morgan fingerprint density at radius 1 is 1.00 bits per heavy atom. The van der Waals surface area contributed by atoms with Crippen LogP contribution in [0.15, 0.2) is 0 Å². The van der Waals surface area contributed by atoms with Crippen molar-refractivity contribution in [3.8, 4) is 0 Å². The first-order valence-electron chi connectivity index (χ1n) is 6.42. The van der Waals surface area contributed by atoms with Gasteiger partial charge < -0.3 is 10.6 Å². The van der Waals surface area contributed by atoms with Crippen LogP contribution in [0.25, 0.3) is 0 Å². The molecule has 1 saturated heterocycles. The molecule has 3 heteroatoms. The van der Waals surface area contributed by atoms with Crippen molar-refractivity contribution >= 4 is 0 Å². The molecule has 0 amide bonds. The second-order valence-electron chi connectivity index (χ2n) is 5.25. The molecule has 0 atom stereocenters. The zero-order chi connectivity index (χ0) is 10.7. The van der Waals surface area contributed by atoms with Crippen molar-refractivity contribution in [1.82, 2.24) is 9.80 Å². The number of nitrogens with zero attached hydrogens (tertiary/aromatic N) is 2. The molecule has 88 valence electrons. The Morgan fingerprint density at radius 2 is 1.60 bits per heavy atom. The molecule has 15 heavy (non-hydrogen) atoms. The van der Waals surface area contributed by atoms with E-state index in [0.717, 1.165) is 18.5 Å². The van der Waals surface area contributed by atoms with E-state index < -0.39 is 0 Å². The lowest BCUT2D eigenvalue weighted by Gasteiger charge is -2.41. The van der Waals surface area contributed by atoms with Crippen LogP contribution in [0, 0.1) is 5.92 Å². The van der Waals surface area contributed by atoms with Crippen LogP contribution in [0.2, 0.25) is 0 Å². The molecule has 3 nitrogen and oxygen atoms in total. The van der Waals surface area contributed by atoms with Crippen molar-refractivity contribution in [1.29, 1.82) is 0 Å². The number of piperazine rings is 1. The highest BCUT2D eigenvalue weighted by Gasteiger charge is 2.26. The maximum absolute atomic E-state index is 5.73. The number of likely N-dealkylation sites (N-methyl/N-ethyl adjacent to an activating group) is 1. The van der Waals surface area contributed by atoms with Crippen molar-refractivity contribution in [3.05, 3.63) is 0 Å². The summed E-state index contributed by atoms with van der Waals surface area (Å²) in [7, 11) is 2.22. The van der Waals surface area contributed by atoms with E-state index in [2.05, 4.69) is 16.8 Å². The molecule has 0 unspecified atom stereocenters. The van der Waals surface area contributed by atoms with Crippen molar-refractivity contribution in [2.45, 2.75) is 31.7 Å². The summed E-state index contributed by atoms with van der Waals surface area (Å²) in [5, 5.41) is 0. The van der Waals surface area contributed by atoms with Gasteiger partial charge in [0.1, 0.15) is 0 Å². The quantitative estimate of drug-likeness (QED) is 0.731. The summed E-state index contributed by atoms with van der Waals surface area (Å²) in [4.78, 5) is 5.13. The molecule has 0 aromatic carbocycles. The topological polar surface area (TPSA) is 32.5 Å². The molecule has 2 N–H and O–H groups in total. The van der Waals surface area contributed by atoms with Gasteiger partial charge in [-0.1, -0.05) is 0 Å². The molecule has 2 fully saturated rings. The molecule has 1 aliphatic carbocycles. The standard InChI is InChI=1S/C12H25N3/c1-14-6-8-15(9-7-14)12-4-2-11(10-13)3-5-12/h11-12H,2-10,13H2,1H3. The van der Waals surface area contributed by atoms with Crippen LogP contribution in [-0.2, 0) is 0 Å². The lowest BCUT2D eigenvalue weighted by molar-refractivity contribution is 0.0821. The van der Waals surface area contributed by atoms with E-state index in [4.69, 9.17) is 5.73 Å². The van der Waals surface area contributed by atoms with Gasteiger partial charge in [0.05, 0.1) is 0 Å². The molecular formula is C12H25N3. The third-order valence-corrected chi connectivity index (χ3v) is 4.20. The largest absolute Gasteiger partial charge is 0.330 e. The van der Waals surface area contributed by atoms with E-state index in [9.17, 15) is 0 Å². The van der Waals surface area contributed by atoms with Crippen molar-refractivity contribution < 1.29 is 0 Å². The fraction of sp³-hybridized carbons (Fsp3) is 1.00. The van der Waals surface area contributed by atoms with Crippen LogP contribution in [0.3, 0.4) is 0 Å². The van der Waals surface area contributed by atoms with E-state index in [-0.39, 0.29) is 0 Å². The van der Waals surface area contributed by atoms with E-state index >= 15 is 0 Å². The van der Waals surface area contributed by atoms with Crippen LogP contribution >= 0.6 is 0 Å². The number of hydrogen-bond donors (Lipinski definition) is 1. The fourth-order valence-electron chi connectivity index (χ4n) is 2.93. The number of nitrogens with two attached hydrogens (primary N) is 1. The normalized spacial score (nSPS) is 35.6. The van der Waals surface area contributed by atoms with Gasteiger partial charge in [-0.25, -0.2) is 0 Å².